The molecule has 2 amide bonds. The van der Waals surface area contributed by atoms with Gasteiger partial charge in [-0.2, -0.15) is 0 Å². The number of carbonyl (C=O) groups is 1. The van der Waals surface area contributed by atoms with Crippen LogP contribution >= 0.6 is 0 Å². The zero-order valence-corrected chi connectivity index (χ0v) is 15.7. The standard InChI is InChI=1S/C20H32N4O2/c25-20(22-10-5-15-26-19-7-2-1-3-8-19)24-13-11-23(12-14-24)17-18-6-4-9-21-16-18/h4,6,9,16,19H,1-3,5,7-8,10-15,17H2,(H,22,25). The average molecular weight is 361 g/mol. The summed E-state index contributed by atoms with van der Waals surface area (Å²) in [5.41, 5.74) is 1.23. The Balaban J connectivity index is 1.25. The average Bonchev–Trinajstić information content (AvgIpc) is 2.70. The summed E-state index contributed by atoms with van der Waals surface area (Å²) in [6.45, 7) is 5.74. The van der Waals surface area contributed by atoms with Gasteiger partial charge in [-0.1, -0.05) is 25.3 Å². The number of nitrogens with one attached hydrogen (secondary N) is 1. The van der Waals surface area contributed by atoms with Gasteiger partial charge in [0.2, 0.25) is 0 Å². The number of hydrogen-bond acceptors (Lipinski definition) is 4. The molecule has 1 N–H and O–H groups in total. The molecule has 1 saturated carbocycles. The zero-order valence-electron chi connectivity index (χ0n) is 15.7. The van der Waals surface area contributed by atoms with Crippen LogP contribution in [0.5, 0.6) is 0 Å². The largest absolute Gasteiger partial charge is 0.378 e. The number of carbonyl (C=O) groups excluding carboxylic acids is 1. The molecule has 0 radical (unpaired) electrons. The van der Waals surface area contributed by atoms with Crippen molar-refractivity contribution >= 4 is 6.03 Å². The first-order chi connectivity index (χ1) is 12.8. The molecule has 2 heterocycles. The summed E-state index contributed by atoms with van der Waals surface area (Å²) >= 11 is 0. The van der Waals surface area contributed by atoms with Gasteiger partial charge in [-0.25, -0.2) is 4.79 Å². The number of urea groups is 1. The number of piperazine rings is 1. The SMILES string of the molecule is O=C(NCCCOC1CCCCC1)N1CCN(Cc2cccnc2)CC1. The van der Waals surface area contributed by atoms with Crippen LogP contribution < -0.4 is 5.32 Å². The van der Waals surface area contributed by atoms with Crippen LogP contribution in [-0.4, -0.2) is 66.2 Å². The third-order valence-electron chi connectivity index (χ3n) is 5.29. The fraction of sp³-hybridized carbons (Fsp3) is 0.700. The zero-order chi connectivity index (χ0) is 18.0. The van der Waals surface area contributed by atoms with Gasteiger partial charge in [0.05, 0.1) is 6.10 Å². The van der Waals surface area contributed by atoms with E-state index in [0.717, 1.165) is 45.8 Å². The van der Waals surface area contributed by atoms with E-state index < -0.39 is 0 Å². The number of hydrogen-bond donors (Lipinski definition) is 1. The quantitative estimate of drug-likeness (QED) is 0.760. The van der Waals surface area contributed by atoms with E-state index in [1.54, 1.807) is 6.20 Å². The smallest absolute Gasteiger partial charge is 0.317 e. The second-order valence-electron chi connectivity index (χ2n) is 7.34. The fourth-order valence-corrected chi connectivity index (χ4v) is 3.72. The first-order valence-corrected chi connectivity index (χ1v) is 10.1. The van der Waals surface area contributed by atoms with Crippen LogP contribution in [-0.2, 0) is 11.3 Å². The topological polar surface area (TPSA) is 57.7 Å². The van der Waals surface area contributed by atoms with E-state index >= 15 is 0 Å². The van der Waals surface area contributed by atoms with Gasteiger partial charge in [-0.3, -0.25) is 9.88 Å². The highest BCUT2D eigenvalue weighted by atomic mass is 16.5. The molecule has 1 aliphatic carbocycles. The number of nitrogens with zero attached hydrogens (tertiary/aromatic N) is 3. The van der Waals surface area contributed by atoms with Crippen molar-refractivity contribution < 1.29 is 9.53 Å². The Morgan fingerprint density at radius 2 is 2.00 bits per heavy atom. The highest BCUT2D eigenvalue weighted by molar-refractivity contribution is 5.74. The lowest BCUT2D eigenvalue weighted by Crippen LogP contribution is -2.51. The van der Waals surface area contributed by atoms with Gasteiger partial charge >= 0.3 is 6.03 Å². The van der Waals surface area contributed by atoms with Crippen molar-refractivity contribution in [1.82, 2.24) is 20.1 Å². The van der Waals surface area contributed by atoms with Crippen LogP contribution in [0.2, 0.25) is 0 Å². The van der Waals surface area contributed by atoms with Crippen molar-refractivity contribution in [2.45, 2.75) is 51.2 Å². The third-order valence-corrected chi connectivity index (χ3v) is 5.29. The summed E-state index contributed by atoms with van der Waals surface area (Å²) in [6.07, 6.45) is 11.4. The maximum absolute atomic E-state index is 12.3. The van der Waals surface area contributed by atoms with Crippen LogP contribution in [0.25, 0.3) is 0 Å². The van der Waals surface area contributed by atoms with Crippen LogP contribution in [0.1, 0.15) is 44.1 Å². The van der Waals surface area contributed by atoms with E-state index in [4.69, 9.17) is 4.74 Å². The van der Waals surface area contributed by atoms with Gasteiger partial charge in [0.25, 0.3) is 0 Å². The van der Waals surface area contributed by atoms with Crippen LogP contribution in [0.15, 0.2) is 24.5 Å². The lowest BCUT2D eigenvalue weighted by atomic mass is 9.98. The highest BCUT2D eigenvalue weighted by Crippen LogP contribution is 2.20. The molecule has 6 heteroatoms. The second-order valence-corrected chi connectivity index (χ2v) is 7.34. The third kappa shape index (κ3) is 6.25. The lowest BCUT2D eigenvalue weighted by Gasteiger charge is -2.34. The normalized spacial score (nSPS) is 19.5. The second kappa shape index (κ2) is 10.5. The van der Waals surface area contributed by atoms with Gasteiger partial charge in [-0.05, 0) is 30.9 Å². The summed E-state index contributed by atoms with van der Waals surface area (Å²) in [7, 11) is 0. The molecule has 2 fully saturated rings. The summed E-state index contributed by atoms with van der Waals surface area (Å²) in [6, 6.07) is 4.13. The minimum Gasteiger partial charge on any atom is -0.378 e. The Kier molecular flexibility index (Phi) is 7.70. The van der Waals surface area contributed by atoms with E-state index in [1.807, 2.05) is 17.2 Å². The van der Waals surface area contributed by atoms with Gasteiger partial charge in [0.15, 0.2) is 0 Å². The molecule has 1 aliphatic heterocycles. The molecule has 3 rings (SSSR count). The predicted octanol–water partition coefficient (Wildman–Crippen LogP) is 2.65. The molecule has 6 nitrogen and oxygen atoms in total. The summed E-state index contributed by atoms with van der Waals surface area (Å²) in [5.74, 6) is 0. The Labute approximate surface area is 156 Å². The van der Waals surface area contributed by atoms with Gasteiger partial charge in [-0.15, -0.1) is 0 Å². The summed E-state index contributed by atoms with van der Waals surface area (Å²) < 4.78 is 5.90. The minimum atomic E-state index is 0.0590. The van der Waals surface area contributed by atoms with Crippen molar-refractivity contribution in [1.29, 1.82) is 0 Å². The maximum Gasteiger partial charge on any atom is 0.317 e. The molecule has 26 heavy (non-hydrogen) atoms. The molecule has 0 aromatic carbocycles. The van der Waals surface area contributed by atoms with Crippen molar-refractivity contribution in [3.63, 3.8) is 0 Å². The van der Waals surface area contributed by atoms with Crippen molar-refractivity contribution in [3.05, 3.63) is 30.1 Å². The van der Waals surface area contributed by atoms with Gasteiger partial charge in [0, 0.05) is 58.3 Å². The Bertz CT molecular complexity index is 526. The van der Waals surface area contributed by atoms with E-state index in [9.17, 15) is 4.79 Å². The molecule has 0 bridgehead atoms. The molecule has 144 valence electrons. The molecule has 1 aromatic heterocycles. The molecule has 1 saturated heterocycles. The summed E-state index contributed by atoms with van der Waals surface area (Å²) in [5, 5.41) is 3.03. The molecular weight excluding hydrogens is 328 g/mol. The molecular formula is C20H32N4O2. The number of amides is 2. The van der Waals surface area contributed by atoms with E-state index in [-0.39, 0.29) is 6.03 Å². The monoisotopic (exact) mass is 360 g/mol. The predicted molar refractivity (Wildman–Crippen MR) is 102 cm³/mol. The van der Waals surface area contributed by atoms with Crippen LogP contribution in [0, 0.1) is 0 Å². The molecule has 0 atom stereocenters. The summed E-state index contributed by atoms with van der Waals surface area (Å²) in [4.78, 5) is 20.7. The first kappa shape index (κ1) is 19.1. The van der Waals surface area contributed by atoms with Gasteiger partial charge in [0.1, 0.15) is 0 Å². The number of ether oxygens (including phenoxy) is 1. The number of aromatic nitrogens is 1. The Morgan fingerprint density at radius 3 is 2.73 bits per heavy atom. The highest BCUT2D eigenvalue weighted by Gasteiger charge is 2.20. The fourth-order valence-electron chi connectivity index (χ4n) is 3.72. The van der Waals surface area contributed by atoms with E-state index in [0.29, 0.717) is 12.6 Å². The molecule has 0 unspecified atom stereocenters. The molecule has 2 aliphatic rings. The molecule has 1 aromatic rings. The minimum absolute atomic E-state index is 0.0590. The van der Waals surface area contributed by atoms with Crippen LogP contribution in [0.3, 0.4) is 0 Å². The Morgan fingerprint density at radius 1 is 1.19 bits per heavy atom. The van der Waals surface area contributed by atoms with Crippen molar-refractivity contribution in [2.24, 2.45) is 0 Å². The van der Waals surface area contributed by atoms with Crippen LogP contribution in [0.4, 0.5) is 4.79 Å². The van der Waals surface area contributed by atoms with E-state index in [1.165, 1.54) is 37.7 Å². The lowest BCUT2D eigenvalue weighted by molar-refractivity contribution is 0.0274. The number of rotatable bonds is 7. The van der Waals surface area contributed by atoms with Gasteiger partial charge < -0.3 is 15.0 Å². The van der Waals surface area contributed by atoms with Crippen molar-refractivity contribution in [3.8, 4) is 0 Å². The molecule has 0 spiro atoms. The van der Waals surface area contributed by atoms with E-state index in [2.05, 4.69) is 21.3 Å². The Hall–Kier alpha value is -1.66. The number of pyridine rings is 1. The maximum atomic E-state index is 12.3. The first-order valence-electron chi connectivity index (χ1n) is 10.1. The van der Waals surface area contributed by atoms with Crippen molar-refractivity contribution in [2.75, 3.05) is 39.3 Å².